The van der Waals surface area contributed by atoms with Crippen molar-refractivity contribution in [1.82, 2.24) is 5.32 Å². The van der Waals surface area contributed by atoms with Gasteiger partial charge in [0.1, 0.15) is 5.82 Å². The number of rotatable bonds is 4. The highest BCUT2D eigenvalue weighted by atomic mass is 79.9. The third kappa shape index (κ3) is 3.78. The maximum absolute atomic E-state index is 14.4. The van der Waals surface area contributed by atoms with Crippen LogP contribution in [0.5, 0.6) is 0 Å². The monoisotopic (exact) mass is 356 g/mol. The normalized spacial score (nSPS) is 24.4. The summed E-state index contributed by atoms with van der Waals surface area (Å²) < 4.78 is 15.2. The van der Waals surface area contributed by atoms with E-state index in [0.717, 1.165) is 29.7 Å². The lowest BCUT2D eigenvalue weighted by Crippen LogP contribution is -2.60. The summed E-state index contributed by atoms with van der Waals surface area (Å²) in [5.74, 6) is 0.942. The molecular weight excluding hydrogens is 331 g/mol. The number of anilines is 1. The van der Waals surface area contributed by atoms with E-state index in [1.807, 2.05) is 12.1 Å². The molecule has 0 bridgehead atoms. The second kappa shape index (κ2) is 7.10. The molecule has 1 aliphatic rings. The second-order valence-electron chi connectivity index (χ2n) is 6.46. The summed E-state index contributed by atoms with van der Waals surface area (Å²) in [6.07, 6.45) is 1.14. The SMILES string of the molecule is CCC(C)C1CN(c2ccc(Br)cc2F)C(C(C)C)CN1. The molecule has 4 heteroatoms. The van der Waals surface area contributed by atoms with Crippen molar-refractivity contribution in [2.75, 3.05) is 18.0 Å². The maximum Gasteiger partial charge on any atom is 0.147 e. The Bertz CT molecular complexity index is 478. The zero-order chi connectivity index (χ0) is 15.6. The highest BCUT2D eigenvalue weighted by molar-refractivity contribution is 9.10. The molecule has 118 valence electrons. The predicted molar refractivity (Wildman–Crippen MR) is 91.3 cm³/mol. The van der Waals surface area contributed by atoms with Crippen LogP contribution in [0.15, 0.2) is 22.7 Å². The topological polar surface area (TPSA) is 15.3 Å². The average molecular weight is 357 g/mol. The molecule has 1 aromatic carbocycles. The Hall–Kier alpha value is -0.610. The van der Waals surface area contributed by atoms with Gasteiger partial charge in [-0.25, -0.2) is 4.39 Å². The van der Waals surface area contributed by atoms with E-state index in [2.05, 4.69) is 53.8 Å². The molecule has 0 spiro atoms. The third-order valence-corrected chi connectivity index (χ3v) is 5.20. The van der Waals surface area contributed by atoms with Crippen molar-refractivity contribution in [3.05, 3.63) is 28.5 Å². The van der Waals surface area contributed by atoms with Crippen LogP contribution in [0.2, 0.25) is 0 Å². The van der Waals surface area contributed by atoms with Crippen molar-refractivity contribution in [1.29, 1.82) is 0 Å². The van der Waals surface area contributed by atoms with Crippen LogP contribution < -0.4 is 10.2 Å². The molecule has 0 amide bonds. The van der Waals surface area contributed by atoms with Gasteiger partial charge in [-0.15, -0.1) is 0 Å². The van der Waals surface area contributed by atoms with E-state index in [-0.39, 0.29) is 5.82 Å². The van der Waals surface area contributed by atoms with Gasteiger partial charge in [-0.05, 0) is 30.0 Å². The molecule has 1 N–H and O–H groups in total. The van der Waals surface area contributed by atoms with E-state index in [1.54, 1.807) is 6.07 Å². The standard InChI is InChI=1S/C17H26BrFN2/c1-5-12(4)15-10-21(17(9-20-15)11(2)3)16-7-6-13(18)8-14(16)19/h6-8,11-12,15,17,20H,5,9-10H2,1-4H3. The lowest BCUT2D eigenvalue weighted by molar-refractivity contribution is 0.280. The fourth-order valence-electron chi connectivity index (χ4n) is 3.05. The lowest BCUT2D eigenvalue weighted by Gasteiger charge is -2.45. The van der Waals surface area contributed by atoms with Gasteiger partial charge in [0.25, 0.3) is 0 Å². The molecule has 2 rings (SSSR count). The summed E-state index contributed by atoms with van der Waals surface area (Å²) in [6, 6.07) is 6.14. The lowest BCUT2D eigenvalue weighted by atomic mass is 9.91. The molecule has 1 heterocycles. The summed E-state index contributed by atoms with van der Waals surface area (Å²) in [5, 5.41) is 3.66. The van der Waals surface area contributed by atoms with Crippen LogP contribution in [0.3, 0.4) is 0 Å². The van der Waals surface area contributed by atoms with Gasteiger partial charge >= 0.3 is 0 Å². The zero-order valence-corrected chi connectivity index (χ0v) is 15.0. The van der Waals surface area contributed by atoms with E-state index in [4.69, 9.17) is 0 Å². The maximum atomic E-state index is 14.4. The molecule has 3 unspecified atom stereocenters. The van der Waals surface area contributed by atoms with Gasteiger partial charge in [0.05, 0.1) is 5.69 Å². The molecule has 3 atom stereocenters. The Morgan fingerprint density at radius 3 is 2.67 bits per heavy atom. The Kier molecular flexibility index (Phi) is 5.67. The Labute approximate surface area is 136 Å². The minimum absolute atomic E-state index is 0.139. The smallest absolute Gasteiger partial charge is 0.147 e. The minimum atomic E-state index is -0.139. The number of benzene rings is 1. The molecule has 1 saturated heterocycles. The first-order chi connectivity index (χ1) is 9.93. The van der Waals surface area contributed by atoms with Crippen LogP contribution in [0.4, 0.5) is 10.1 Å². The van der Waals surface area contributed by atoms with Crippen LogP contribution in [-0.2, 0) is 0 Å². The quantitative estimate of drug-likeness (QED) is 0.857. The summed E-state index contributed by atoms with van der Waals surface area (Å²) in [6.45, 7) is 10.7. The van der Waals surface area contributed by atoms with Crippen molar-refractivity contribution in [2.45, 2.75) is 46.2 Å². The Morgan fingerprint density at radius 1 is 1.38 bits per heavy atom. The van der Waals surface area contributed by atoms with Gasteiger partial charge in [0.15, 0.2) is 0 Å². The highest BCUT2D eigenvalue weighted by Crippen LogP contribution is 2.29. The number of nitrogens with one attached hydrogen (secondary N) is 1. The highest BCUT2D eigenvalue weighted by Gasteiger charge is 2.33. The fourth-order valence-corrected chi connectivity index (χ4v) is 3.38. The van der Waals surface area contributed by atoms with Crippen LogP contribution >= 0.6 is 15.9 Å². The molecule has 1 fully saturated rings. The first-order valence-electron chi connectivity index (χ1n) is 7.89. The molecule has 1 aliphatic heterocycles. The van der Waals surface area contributed by atoms with Crippen molar-refractivity contribution in [3.8, 4) is 0 Å². The molecule has 0 radical (unpaired) electrons. The van der Waals surface area contributed by atoms with Gasteiger partial charge in [-0.3, -0.25) is 0 Å². The van der Waals surface area contributed by atoms with E-state index < -0.39 is 0 Å². The summed E-state index contributed by atoms with van der Waals surface area (Å²) in [7, 11) is 0. The van der Waals surface area contributed by atoms with Gasteiger partial charge in [-0.2, -0.15) is 0 Å². The first-order valence-corrected chi connectivity index (χ1v) is 8.68. The van der Waals surface area contributed by atoms with Crippen molar-refractivity contribution < 1.29 is 4.39 Å². The van der Waals surface area contributed by atoms with E-state index in [9.17, 15) is 4.39 Å². The summed E-state index contributed by atoms with van der Waals surface area (Å²) in [5.41, 5.74) is 0.728. The average Bonchev–Trinajstić information content (AvgIpc) is 2.45. The van der Waals surface area contributed by atoms with Gasteiger partial charge in [-0.1, -0.05) is 50.0 Å². The molecule has 0 saturated carbocycles. The van der Waals surface area contributed by atoms with E-state index in [0.29, 0.717) is 23.9 Å². The summed E-state index contributed by atoms with van der Waals surface area (Å²) >= 11 is 3.34. The summed E-state index contributed by atoms with van der Waals surface area (Å²) in [4.78, 5) is 2.26. The van der Waals surface area contributed by atoms with E-state index in [1.165, 1.54) is 0 Å². The molecule has 0 aliphatic carbocycles. The van der Waals surface area contributed by atoms with Crippen LogP contribution in [0.1, 0.15) is 34.1 Å². The number of nitrogens with zero attached hydrogens (tertiary/aromatic N) is 1. The predicted octanol–water partition coefficient (Wildman–Crippen LogP) is 4.44. The van der Waals surface area contributed by atoms with Crippen molar-refractivity contribution in [3.63, 3.8) is 0 Å². The van der Waals surface area contributed by atoms with Crippen LogP contribution in [0, 0.1) is 17.7 Å². The van der Waals surface area contributed by atoms with Crippen LogP contribution in [-0.4, -0.2) is 25.2 Å². The molecule has 21 heavy (non-hydrogen) atoms. The van der Waals surface area contributed by atoms with Gasteiger partial charge in [0, 0.05) is 29.6 Å². The number of piperazine rings is 1. The number of hydrogen-bond acceptors (Lipinski definition) is 2. The van der Waals surface area contributed by atoms with E-state index >= 15 is 0 Å². The minimum Gasteiger partial charge on any atom is -0.363 e. The molecule has 2 nitrogen and oxygen atoms in total. The van der Waals surface area contributed by atoms with Gasteiger partial charge < -0.3 is 10.2 Å². The molecular formula is C17H26BrFN2. The number of halogens is 2. The first kappa shape index (κ1) is 16.8. The second-order valence-corrected chi connectivity index (χ2v) is 7.38. The van der Waals surface area contributed by atoms with Crippen LogP contribution in [0.25, 0.3) is 0 Å². The Morgan fingerprint density at radius 2 is 2.10 bits per heavy atom. The number of hydrogen-bond donors (Lipinski definition) is 1. The fraction of sp³-hybridized carbons (Fsp3) is 0.647. The third-order valence-electron chi connectivity index (χ3n) is 4.70. The largest absolute Gasteiger partial charge is 0.363 e. The zero-order valence-electron chi connectivity index (χ0n) is 13.4. The van der Waals surface area contributed by atoms with Crippen molar-refractivity contribution in [2.24, 2.45) is 11.8 Å². The molecule has 0 aromatic heterocycles. The Balaban J connectivity index is 2.29. The molecule has 1 aromatic rings. The van der Waals surface area contributed by atoms with Gasteiger partial charge in [0.2, 0.25) is 0 Å². The van der Waals surface area contributed by atoms with Crippen molar-refractivity contribution >= 4 is 21.6 Å².